The van der Waals surface area contributed by atoms with Crippen LogP contribution in [0.4, 0.5) is 11.4 Å². The molecule has 2 N–H and O–H groups in total. The lowest BCUT2D eigenvalue weighted by molar-refractivity contribution is -0.385. The molecule has 0 saturated heterocycles. The molecular weight excluding hydrogens is 464 g/mol. The van der Waals surface area contributed by atoms with E-state index in [9.17, 15) is 15.2 Å². The second-order valence-electron chi connectivity index (χ2n) is 9.34. The predicted molar refractivity (Wildman–Crippen MR) is 134 cm³/mol. The standard InChI is InChI=1S/C26H32N4O6/c1-16(2)18-8-6-7-9-20(18)29(15-22-27-12-13-28-22)23-19-14-17(30(32)33)10-11-21(19)36-26(3,24(23)31)25(34-4)35-5/h6-14,16,23-25,31H,15H2,1-5H3,(H,27,28)/t23-,24+,26+/m0/s1. The molecule has 0 fully saturated rings. The SMILES string of the molecule is COC(OC)[C@]1(C)Oc2ccc([N+](=O)[O-])cc2[C@H](N(Cc2ncc[nH]2)c2ccccc2C(C)C)[C@H]1O. The van der Waals surface area contributed by atoms with Crippen molar-refractivity contribution in [1.82, 2.24) is 9.97 Å². The summed E-state index contributed by atoms with van der Waals surface area (Å²) in [6.45, 7) is 6.21. The predicted octanol–water partition coefficient (Wildman–Crippen LogP) is 4.32. The average molecular weight is 497 g/mol. The third-order valence-corrected chi connectivity index (χ3v) is 6.71. The number of hydrogen-bond acceptors (Lipinski definition) is 8. The lowest BCUT2D eigenvalue weighted by atomic mass is 9.82. The molecule has 0 saturated carbocycles. The Balaban J connectivity index is 1.97. The minimum Gasteiger partial charge on any atom is -0.479 e. The Hall–Kier alpha value is -3.47. The number of aromatic amines is 1. The zero-order valence-electron chi connectivity index (χ0n) is 21.0. The molecule has 0 bridgehead atoms. The molecule has 36 heavy (non-hydrogen) atoms. The first-order valence-electron chi connectivity index (χ1n) is 11.8. The number of nitrogens with zero attached hydrogens (tertiary/aromatic N) is 3. The van der Waals surface area contributed by atoms with Gasteiger partial charge >= 0.3 is 0 Å². The molecule has 0 unspecified atom stereocenters. The molecule has 0 aliphatic carbocycles. The van der Waals surface area contributed by atoms with E-state index in [4.69, 9.17) is 14.2 Å². The normalized spacial score (nSPS) is 21.3. The molecule has 1 aliphatic heterocycles. The maximum atomic E-state index is 12.0. The van der Waals surface area contributed by atoms with E-state index in [2.05, 4.69) is 23.8 Å². The van der Waals surface area contributed by atoms with Crippen LogP contribution in [0.5, 0.6) is 5.75 Å². The molecular formula is C26H32N4O6. The number of benzene rings is 2. The van der Waals surface area contributed by atoms with Gasteiger partial charge in [0, 0.05) is 50.0 Å². The van der Waals surface area contributed by atoms with Crippen LogP contribution in [0.3, 0.4) is 0 Å². The summed E-state index contributed by atoms with van der Waals surface area (Å²) in [5.41, 5.74) is 1.01. The number of nitro benzene ring substituents is 1. The number of aliphatic hydroxyl groups is 1. The van der Waals surface area contributed by atoms with Gasteiger partial charge in [-0.2, -0.15) is 0 Å². The van der Waals surface area contributed by atoms with Gasteiger partial charge < -0.3 is 29.2 Å². The highest BCUT2D eigenvalue weighted by molar-refractivity contribution is 5.60. The van der Waals surface area contributed by atoms with E-state index in [1.807, 2.05) is 29.2 Å². The highest BCUT2D eigenvalue weighted by Gasteiger charge is 2.54. The molecule has 192 valence electrons. The van der Waals surface area contributed by atoms with Gasteiger partial charge in [0.15, 0.2) is 11.9 Å². The number of hydrogen-bond donors (Lipinski definition) is 2. The average Bonchev–Trinajstić information content (AvgIpc) is 3.37. The molecule has 0 spiro atoms. The number of nitrogens with one attached hydrogen (secondary N) is 1. The van der Waals surface area contributed by atoms with Crippen molar-refractivity contribution >= 4 is 11.4 Å². The molecule has 4 rings (SSSR count). The van der Waals surface area contributed by atoms with Crippen molar-refractivity contribution in [1.29, 1.82) is 0 Å². The van der Waals surface area contributed by atoms with Crippen LogP contribution in [0, 0.1) is 10.1 Å². The van der Waals surface area contributed by atoms with Crippen molar-refractivity contribution in [2.24, 2.45) is 0 Å². The summed E-state index contributed by atoms with van der Waals surface area (Å²) >= 11 is 0. The first-order chi connectivity index (χ1) is 17.2. The highest BCUT2D eigenvalue weighted by Crippen LogP contribution is 2.48. The fourth-order valence-electron chi connectivity index (χ4n) is 4.96. The molecule has 2 heterocycles. The summed E-state index contributed by atoms with van der Waals surface area (Å²) in [7, 11) is 2.95. The summed E-state index contributed by atoms with van der Waals surface area (Å²) in [4.78, 5) is 20.8. The number of nitro groups is 1. The van der Waals surface area contributed by atoms with Gasteiger partial charge in [-0.15, -0.1) is 0 Å². The van der Waals surface area contributed by atoms with Crippen molar-refractivity contribution in [3.63, 3.8) is 0 Å². The molecule has 0 amide bonds. The minimum absolute atomic E-state index is 0.0942. The van der Waals surface area contributed by atoms with Crippen LogP contribution in [-0.2, 0) is 16.0 Å². The number of fused-ring (bicyclic) bond motifs is 1. The van der Waals surface area contributed by atoms with Crippen LogP contribution in [0.15, 0.2) is 54.9 Å². The number of aliphatic hydroxyl groups excluding tert-OH is 1. The van der Waals surface area contributed by atoms with Gasteiger partial charge in [0.25, 0.3) is 5.69 Å². The van der Waals surface area contributed by atoms with Crippen molar-refractivity contribution in [3.8, 4) is 5.75 Å². The molecule has 10 nitrogen and oxygen atoms in total. The molecule has 10 heteroatoms. The molecule has 1 aliphatic rings. The minimum atomic E-state index is -1.33. The van der Waals surface area contributed by atoms with E-state index >= 15 is 0 Å². The summed E-state index contributed by atoms with van der Waals surface area (Å²) in [5, 5.41) is 23.6. The number of aromatic nitrogens is 2. The third-order valence-electron chi connectivity index (χ3n) is 6.71. The van der Waals surface area contributed by atoms with E-state index in [0.29, 0.717) is 23.7 Å². The number of ether oxygens (including phenoxy) is 3. The Morgan fingerprint density at radius 3 is 2.58 bits per heavy atom. The number of methoxy groups -OCH3 is 2. The number of para-hydroxylation sites is 1. The zero-order valence-corrected chi connectivity index (χ0v) is 21.0. The fourth-order valence-corrected chi connectivity index (χ4v) is 4.96. The molecule has 2 aromatic carbocycles. The van der Waals surface area contributed by atoms with Crippen molar-refractivity contribution in [2.45, 2.75) is 57.3 Å². The number of non-ortho nitro benzene ring substituents is 1. The quantitative estimate of drug-likeness (QED) is 0.255. The lowest BCUT2D eigenvalue weighted by Gasteiger charge is -2.50. The largest absolute Gasteiger partial charge is 0.479 e. The first kappa shape index (κ1) is 25.6. The van der Waals surface area contributed by atoms with Crippen LogP contribution in [0.2, 0.25) is 0 Å². The smallest absolute Gasteiger partial charge is 0.270 e. The second-order valence-corrected chi connectivity index (χ2v) is 9.34. The van der Waals surface area contributed by atoms with E-state index < -0.39 is 29.0 Å². The summed E-state index contributed by atoms with van der Waals surface area (Å²) < 4.78 is 17.3. The number of H-pyrrole nitrogens is 1. The van der Waals surface area contributed by atoms with Crippen LogP contribution < -0.4 is 9.64 Å². The summed E-state index contributed by atoms with van der Waals surface area (Å²) in [5.74, 6) is 1.26. The summed E-state index contributed by atoms with van der Waals surface area (Å²) in [6.07, 6.45) is 1.28. The van der Waals surface area contributed by atoms with Gasteiger partial charge in [0.2, 0.25) is 0 Å². The van der Waals surface area contributed by atoms with E-state index in [1.165, 1.54) is 26.4 Å². The van der Waals surface area contributed by atoms with Crippen molar-refractivity contribution in [3.05, 3.63) is 81.9 Å². The Morgan fingerprint density at radius 2 is 1.97 bits per heavy atom. The van der Waals surface area contributed by atoms with Gasteiger partial charge in [-0.3, -0.25) is 10.1 Å². The zero-order chi connectivity index (χ0) is 26.0. The molecule has 1 aromatic heterocycles. The van der Waals surface area contributed by atoms with Gasteiger partial charge in [-0.05, 0) is 30.5 Å². The first-order valence-corrected chi connectivity index (χ1v) is 11.8. The van der Waals surface area contributed by atoms with Crippen LogP contribution in [-0.4, -0.2) is 52.2 Å². The van der Waals surface area contributed by atoms with Gasteiger partial charge in [0.05, 0.1) is 17.5 Å². The maximum absolute atomic E-state index is 12.0. The highest BCUT2D eigenvalue weighted by atomic mass is 16.7. The van der Waals surface area contributed by atoms with E-state index in [1.54, 1.807) is 25.4 Å². The molecule has 0 radical (unpaired) electrons. The lowest BCUT2D eigenvalue weighted by Crippen LogP contribution is -2.62. The Bertz CT molecular complexity index is 1200. The number of imidazole rings is 1. The van der Waals surface area contributed by atoms with E-state index in [0.717, 1.165) is 11.3 Å². The fraction of sp³-hybridized carbons (Fsp3) is 0.423. The van der Waals surface area contributed by atoms with Gasteiger partial charge in [0.1, 0.15) is 17.7 Å². The second kappa shape index (κ2) is 10.3. The van der Waals surface area contributed by atoms with E-state index in [-0.39, 0.29) is 11.6 Å². The summed E-state index contributed by atoms with van der Waals surface area (Å²) in [6, 6.07) is 11.6. The topological polar surface area (TPSA) is 123 Å². The molecule has 3 atom stereocenters. The third kappa shape index (κ3) is 4.55. The Labute approximate surface area is 210 Å². The Kier molecular flexibility index (Phi) is 7.30. The van der Waals surface area contributed by atoms with Crippen LogP contribution >= 0.6 is 0 Å². The maximum Gasteiger partial charge on any atom is 0.270 e. The van der Waals surface area contributed by atoms with Crippen molar-refractivity contribution < 1.29 is 24.2 Å². The number of anilines is 1. The number of rotatable bonds is 9. The monoisotopic (exact) mass is 496 g/mol. The van der Waals surface area contributed by atoms with Crippen LogP contribution in [0.25, 0.3) is 0 Å². The van der Waals surface area contributed by atoms with Crippen molar-refractivity contribution in [2.75, 3.05) is 19.1 Å². The Morgan fingerprint density at radius 1 is 1.25 bits per heavy atom. The molecule has 3 aromatic rings. The van der Waals surface area contributed by atoms with Gasteiger partial charge in [-0.1, -0.05) is 32.0 Å². The van der Waals surface area contributed by atoms with Crippen LogP contribution in [0.1, 0.15) is 49.7 Å². The van der Waals surface area contributed by atoms with Gasteiger partial charge in [-0.25, -0.2) is 4.98 Å².